The second-order valence-electron chi connectivity index (χ2n) is 3.01. The van der Waals surface area contributed by atoms with Crippen LogP contribution in [-0.4, -0.2) is 6.61 Å². The van der Waals surface area contributed by atoms with E-state index < -0.39 is 0 Å². The summed E-state index contributed by atoms with van der Waals surface area (Å²) in [5.41, 5.74) is 2.55. The molecule has 0 saturated carbocycles. The largest absolute Gasteiger partial charge is 0 e. The van der Waals surface area contributed by atoms with Crippen LogP contribution in [0.2, 0.25) is 0 Å². The predicted octanol–water partition coefficient (Wildman–Crippen LogP) is 2.98. The predicted molar refractivity (Wildman–Crippen MR) is 63.0 cm³/mol. The molecule has 0 aromatic heterocycles. The van der Waals surface area contributed by atoms with E-state index in [1.165, 1.54) is 11.1 Å². The van der Waals surface area contributed by atoms with Gasteiger partial charge in [0.2, 0.25) is 0 Å². The molecule has 0 amide bonds. The zero-order valence-corrected chi connectivity index (χ0v) is 12.4. The molecule has 19 heavy (non-hydrogen) atoms. The van der Waals surface area contributed by atoms with Gasteiger partial charge in [-0.05, 0) is 26.3 Å². The van der Waals surface area contributed by atoms with Crippen LogP contribution in [0, 0.1) is 26.9 Å². The Morgan fingerprint density at radius 1 is 1.00 bits per heavy atom. The second-order valence-corrected chi connectivity index (χ2v) is 3.01. The van der Waals surface area contributed by atoms with Crippen molar-refractivity contribution < 1.29 is 36.1 Å². The molecule has 0 unspecified atom stereocenters. The molecule has 0 heterocycles. The zero-order valence-electron chi connectivity index (χ0n) is 11.1. The molecular formula is C14H16CrO4. The molecular weight excluding hydrogens is 284 g/mol. The van der Waals surface area contributed by atoms with Crippen LogP contribution in [0.15, 0.2) is 24.3 Å². The molecule has 0 aliphatic heterocycles. The molecule has 1 aromatic carbocycles. The number of aryl methyl sites for hydroxylation is 1. The summed E-state index contributed by atoms with van der Waals surface area (Å²) in [6.07, 6.45) is 0.218. The number of hydrogen-bond donors (Lipinski definition) is 0. The van der Waals surface area contributed by atoms with E-state index in [1.807, 2.05) is 6.92 Å². The molecule has 0 aliphatic carbocycles. The van der Waals surface area contributed by atoms with Crippen molar-refractivity contribution >= 4 is 0 Å². The van der Waals surface area contributed by atoms with Gasteiger partial charge in [-0.25, -0.2) is 0 Å². The van der Waals surface area contributed by atoms with Gasteiger partial charge in [0.05, 0.1) is 6.10 Å². The molecule has 1 atom stereocenters. The average Bonchev–Trinajstić information content (AvgIpc) is 2.46. The Balaban J connectivity index is -0.000000142. The van der Waals surface area contributed by atoms with Crippen molar-refractivity contribution in [3.05, 3.63) is 55.3 Å². The third kappa shape index (κ3) is 14.9. The van der Waals surface area contributed by atoms with Gasteiger partial charge in [-0.2, -0.15) is 0 Å². The number of ether oxygens (including phenoxy) is 1. The third-order valence-electron chi connectivity index (χ3n) is 1.96. The monoisotopic (exact) mass is 300 g/mol. The fourth-order valence-corrected chi connectivity index (χ4v) is 1.18. The summed E-state index contributed by atoms with van der Waals surface area (Å²) >= 11 is 0. The SMILES string of the molecule is CCO[C@H](C)c1ccc(C)cc1.[C-]#[O+].[C-]#[O+].[C-]#[O+].[Cr]. The van der Waals surface area contributed by atoms with E-state index in [0.717, 1.165) is 6.61 Å². The summed E-state index contributed by atoms with van der Waals surface area (Å²) in [5, 5.41) is 0. The maximum absolute atomic E-state index is 7.50. The summed E-state index contributed by atoms with van der Waals surface area (Å²) in [4.78, 5) is 0. The standard InChI is InChI=1S/C11H16O.3CO.Cr/c1-4-12-10(3)11-7-5-9(2)6-8-11;3*1-2;/h5-8,10H,4H2,1-3H3;;;;/t10-;;;;/m1..../s1. The van der Waals surface area contributed by atoms with Gasteiger partial charge < -0.3 is 4.74 Å². The fourth-order valence-electron chi connectivity index (χ4n) is 1.18. The van der Waals surface area contributed by atoms with Gasteiger partial charge in [0.15, 0.2) is 0 Å². The minimum atomic E-state index is 0. The summed E-state index contributed by atoms with van der Waals surface area (Å²) in [7, 11) is 0. The van der Waals surface area contributed by atoms with Gasteiger partial charge in [-0.15, -0.1) is 0 Å². The Kier molecular flexibility index (Phi) is 30.9. The van der Waals surface area contributed by atoms with Crippen molar-refractivity contribution in [2.24, 2.45) is 0 Å². The molecule has 0 spiro atoms. The third-order valence-corrected chi connectivity index (χ3v) is 1.96. The first-order chi connectivity index (χ1) is 8.74. The Hall–Kier alpha value is -1.07. The molecule has 4 nitrogen and oxygen atoms in total. The summed E-state index contributed by atoms with van der Waals surface area (Å²) in [5.74, 6) is 0. The van der Waals surface area contributed by atoms with Gasteiger partial charge in [0, 0.05) is 24.0 Å². The van der Waals surface area contributed by atoms with E-state index in [-0.39, 0.29) is 23.5 Å². The molecule has 0 aliphatic rings. The van der Waals surface area contributed by atoms with Crippen LogP contribution in [0.4, 0.5) is 0 Å². The van der Waals surface area contributed by atoms with Gasteiger partial charge in [-0.3, -0.25) is 0 Å². The van der Waals surface area contributed by atoms with E-state index in [9.17, 15) is 0 Å². The molecule has 1 rings (SSSR count). The fraction of sp³-hybridized carbons (Fsp3) is 0.357. The van der Waals surface area contributed by atoms with Gasteiger partial charge in [0.25, 0.3) is 0 Å². The van der Waals surface area contributed by atoms with Crippen LogP contribution < -0.4 is 0 Å². The van der Waals surface area contributed by atoms with E-state index in [2.05, 4.69) is 58.1 Å². The molecule has 0 bridgehead atoms. The van der Waals surface area contributed by atoms with Crippen LogP contribution in [0.3, 0.4) is 0 Å². The van der Waals surface area contributed by atoms with Crippen molar-refractivity contribution in [3.63, 3.8) is 0 Å². The maximum Gasteiger partial charge on any atom is 0 e. The zero-order chi connectivity index (χ0) is 15.0. The minimum absolute atomic E-state index is 0. The minimum Gasteiger partial charge on any atom is 0 e. The summed E-state index contributed by atoms with van der Waals surface area (Å²) in [6, 6.07) is 8.47. The molecule has 5 heteroatoms. The van der Waals surface area contributed by atoms with E-state index in [0.29, 0.717) is 0 Å². The van der Waals surface area contributed by atoms with E-state index in [1.54, 1.807) is 0 Å². The first-order valence-corrected chi connectivity index (χ1v) is 5.03. The second kappa shape index (κ2) is 22.1. The van der Waals surface area contributed by atoms with Crippen LogP contribution in [0.25, 0.3) is 0 Å². The van der Waals surface area contributed by atoms with Gasteiger partial charge in [0.1, 0.15) is 0 Å². The van der Waals surface area contributed by atoms with Gasteiger partial charge in [-0.1, -0.05) is 29.8 Å². The molecule has 0 N–H and O–H groups in total. The summed E-state index contributed by atoms with van der Waals surface area (Å²) < 4.78 is 28.0. The first kappa shape index (κ1) is 26.5. The average molecular weight is 300 g/mol. The van der Waals surface area contributed by atoms with Crippen LogP contribution >= 0.6 is 0 Å². The van der Waals surface area contributed by atoms with Crippen molar-refractivity contribution in [1.82, 2.24) is 0 Å². The van der Waals surface area contributed by atoms with Crippen molar-refractivity contribution in [1.29, 1.82) is 0 Å². The maximum atomic E-state index is 7.50. The van der Waals surface area contributed by atoms with Crippen LogP contribution in [-0.2, 0) is 36.1 Å². The van der Waals surface area contributed by atoms with E-state index in [4.69, 9.17) is 18.7 Å². The molecule has 0 saturated heterocycles. The van der Waals surface area contributed by atoms with Crippen molar-refractivity contribution in [2.45, 2.75) is 26.9 Å². The Labute approximate surface area is 125 Å². The van der Waals surface area contributed by atoms with Gasteiger partial charge >= 0.3 is 33.9 Å². The van der Waals surface area contributed by atoms with Crippen molar-refractivity contribution in [3.8, 4) is 0 Å². The van der Waals surface area contributed by atoms with Crippen LogP contribution in [0.5, 0.6) is 0 Å². The van der Waals surface area contributed by atoms with Crippen LogP contribution in [0.1, 0.15) is 31.1 Å². The topological polar surface area (TPSA) is 68.9 Å². The Bertz CT molecular complexity index is 326. The summed E-state index contributed by atoms with van der Waals surface area (Å²) in [6.45, 7) is 20.5. The molecule has 102 valence electrons. The molecule has 0 fully saturated rings. The molecule has 1 aromatic rings. The molecule has 0 radical (unpaired) electrons. The number of benzene rings is 1. The van der Waals surface area contributed by atoms with E-state index >= 15 is 0 Å². The van der Waals surface area contributed by atoms with Crippen molar-refractivity contribution in [2.75, 3.05) is 6.61 Å². The number of hydrogen-bond acceptors (Lipinski definition) is 1. The normalized spacial score (nSPS) is 8.47. The smallest absolute Gasteiger partial charge is 0 e. The Morgan fingerprint density at radius 3 is 1.68 bits per heavy atom. The first-order valence-electron chi connectivity index (χ1n) is 5.03. The number of rotatable bonds is 3. The Morgan fingerprint density at radius 2 is 1.37 bits per heavy atom. The quantitative estimate of drug-likeness (QED) is 0.625.